The summed E-state index contributed by atoms with van der Waals surface area (Å²) in [6.45, 7) is 0.251. The number of nitro benzene ring substituents is 1. The van der Waals surface area contributed by atoms with Gasteiger partial charge < -0.3 is 4.90 Å². The fourth-order valence-corrected chi connectivity index (χ4v) is 2.67. The van der Waals surface area contributed by atoms with Crippen LogP contribution in [0.25, 0.3) is 0 Å². The van der Waals surface area contributed by atoms with Gasteiger partial charge >= 0.3 is 0 Å². The molecule has 5 nitrogen and oxygen atoms in total. The minimum Gasteiger partial charge on any atom is -0.305 e. The van der Waals surface area contributed by atoms with Crippen molar-refractivity contribution in [2.45, 2.75) is 19.4 Å². The van der Waals surface area contributed by atoms with Crippen molar-refractivity contribution >= 4 is 17.3 Å². The zero-order valence-corrected chi connectivity index (χ0v) is 11.7. The summed E-state index contributed by atoms with van der Waals surface area (Å²) in [5.74, 6) is -0.905. The molecule has 0 unspecified atom stereocenters. The highest BCUT2D eigenvalue weighted by atomic mass is 19.1. The monoisotopic (exact) mass is 300 g/mol. The molecule has 0 fully saturated rings. The average Bonchev–Trinajstić information content (AvgIpc) is 2.51. The average molecular weight is 300 g/mol. The predicted octanol–water partition coefficient (Wildman–Crippen LogP) is 3.21. The Bertz CT molecular complexity index is 747. The van der Waals surface area contributed by atoms with E-state index in [9.17, 15) is 19.3 Å². The molecule has 0 spiro atoms. The molecule has 2 aromatic carbocycles. The number of carbonyl (C=O) groups is 1. The SMILES string of the molecule is O=C1CCc2cc([N+](=O)[O-])cc(F)c2N1Cc1ccccc1. The van der Waals surface area contributed by atoms with Crippen molar-refractivity contribution in [3.05, 3.63) is 69.5 Å². The van der Waals surface area contributed by atoms with Gasteiger partial charge in [0.25, 0.3) is 5.69 Å². The zero-order valence-electron chi connectivity index (χ0n) is 11.7. The summed E-state index contributed by atoms with van der Waals surface area (Å²) in [6, 6.07) is 11.5. The molecule has 0 aromatic heterocycles. The number of hydrogen-bond donors (Lipinski definition) is 0. The maximum absolute atomic E-state index is 14.3. The molecule has 1 aliphatic heterocycles. The van der Waals surface area contributed by atoms with Gasteiger partial charge in [0, 0.05) is 12.5 Å². The third-order valence-electron chi connectivity index (χ3n) is 3.70. The first-order chi connectivity index (χ1) is 10.6. The Hall–Kier alpha value is -2.76. The predicted molar refractivity (Wildman–Crippen MR) is 79.0 cm³/mol. The van der Waals surface area contributed by atoms with Crippen LogP contribution in [0.15, 0.2) is 42.5 Å². The molecule has 0 atom stereocenters. The molecule has 0 bridgehead atoms. The van der Waals surface area contributed by atoms with Gasteiger partial charge in [-0.2, -0.15) is 0 Å². The van der Waals surface area contributed by atoms with Crippen LogP contribution in [0.3, 0.4) is 0 Å². The lowest BCUT2D eigenvalue weighted by atomic mass is 9.99. The third kappa shape index (κ3) is 2.55. The zero-order chi connectivity index (χ0) is 15.7. The standard InChI is InChI=1S/C16H13FN2O3/c17-14-9-13(19(21)22)8-12-6-7-15(20)18(16(12)14)10-11-4-2-1-3-5-11/h1-5,8-9H,6-7,10H2. The van der Waals surface area contributed by atoms with E-state index >= 15 is 0 Å². The minimum absolute atomic E-state index is 0.158. The summed E-state index contributed by atoms with van der Waals surface area (Å²) in [5, 5.41) is 10.8. The van der Waals surface area contributed by atoms with Crippen LogP contribution in [0.5, 0.6) is 0 Å². The van der Waals surface area contributed by atoms with E-state index in [1.807, 2.05) is 30.3 Å². The van der Waals surface area contributed by atoms with Gasteiger partial charge in [-0.25, -0.2) is 4.39 Å². The lowest BCUT2D eigenvalue weighted by molar-refractivity contribution is -0.385. The molecule has 6 heteroatoms. The van der Waals surface area contributed by atoms with Crippen LogP contribution < -0.4 is 4.90 Å². The highest BCUT2D eigenvalue weighted by Crippen LogP contribution is 2.34. The fourth-order valence-electron chi connectivity index (χ4n) is 2.67. The number of nitro groups is 1. The molecule has 1 aliphatic rings. The number of halogens is 1. The Morgan fingerprint density at radius 3 is 2.59 bits per heavy atom. The number of non-ortho nitro benzene ring substituents is 1. The second kappa shape index (κ2) is 5.55. The number of nitrogens with zero attached hydrogens (tertiary/aromatic N) is 2. The molecule has 2 aromatic rings. The van der Waals surface area contributed by atoms with Crippen LogP contribution in [0.4, 0.5) is 15.8 Å². The molecule has 0 saturated carbocycles. The number of anilines is 1. The molecule has 112 valence electrons. The highest BCUT2D eigenvalue weighted by molar-refractivity contribution is 5.96. The second-order valence-corrected chi connectivity index (χ2v) is 5.16. The Morgan fingerprint density at radius 2 is 1.91 bits per heavy atom. The number of aryl methyl sites for hydroxylation is 1. The highest BCUT2D eigenvalue weighted by Gasteiger charge is 2.29. The number of amides is 1. The molecule has 0 saturated heterocycles. The maximum Gasteiger partial charge on any atom is 0.272 e. The van der Waals surface area contributed by atoms with Crippen molar-refractivity contribution in [1.29, 1.82) is 0 Å². The molecule has 22 heavy (non-hydrogen) atoms. The number of benzene rings is 2. The summed E-state index contributed by atoms with van der Waals surface area (Å²) in [5.41, 5.74) is 1.25. The van der Waals surface area contributed by atoms with Gasteiger partial charge in [-0.05, 0) is 17.5 Å². The van der Waals surface area contributed by atoms with Gasteiger partial charge in [0.05, 0.1) is 23.2 Å². The normalized spacial score (nSPS) is 13.9. The van der Waals surface area contributed by atoms with Crippen molar-refractivity contribution in [2.24, 2.45) is 0 Å². The Kier molecular flexibility index (Phi) is 3.58. The summed E-state index contributed by atoms with van der Waals surface area (Å²) in [7, 11) is 0. The van der Waals surface area contributed by atoms with E-state index in [4.69, 9.17) is 0 Å². The first-order valence-corrected chi connectivity index (χ1v) is 6.87. The molecular weight excluding hydrogens is 287 g/mol. The summed E-state index contributed by atoms with van der Waals surface area (Å²) >= 11 is 0. The van der Waals surface area contributed by atoms with E-state index in [1.165, 1.54) is 11.0 Å². The topological polar surface area (TPSA) is 63.4 Å². The quantitative estimate of drug-likeness (QED) is 0.646. The summed E-state index contributed by atoms with van der Waals surface area (Å²) in [4.78, 5) is 23.7. The van der Waals surface area contributed by atoms with Crippen molar-refractivity contribution in [2.75, 3.05) is 4.90 Å². The second-order valence-electron chi connectivity index (χ2n) is 5.16. The van der Waals surface area contributed by atoms with Gasteiger partial charge in [0.15, 0.2) is 5.82 Å². The third-order valence-corrected chi connectivity index (χ3v) is 3.70. The Morgan fingerprint density at radius 1 is 1.18 bits per heavy atom. The first-order valence-electron chi connectivity index (χ1n) is 6.87. The van der Waals surface area contributed by atoms with E-state index in [2.05, 4.69) is 0 Å². The number of hydrogen-bond acceptors (Lipinski definition) is 3. The van der Waals surface area contributed by atoms with E-state index in [0.717, 1.165) is 11.6 Å². The molecule has 0 radical (unpaired) electrons. The first kappa shape index (κ1) is 14.2. The van der Waals surface area contributed by atoms with Crippen molar-refractivity contribution in [3.8, 4) is 0 Å². The number of rotatable bonds is 3. The van der Waals surface area contributed by atoms with Gasteiger partial charge in [0.1, 0.15) is 0 Å². The Balaban J connectivity index is 2.03. The maximum atomic E-state index is 14.3. The summed E-state index contributed by atoms with van der Waals surface area (Å²) < 4.78 is 14.3. The van der Waals surface area contributed by atoms with Crippen LogP contribution in [-0.2, 0) is 17.8 Å². The molecule has 3 rings (SSSR count). The van der Waals surface area contributed by atoms with Gasteiger partial charge in [0.2, 0.25) is 5.91 Å². The van der Waals surface area contributed by atoms with Crippen LogP contribution in [0.1, 0.15) is 17.5 Å². The van der Waals surface area contributed by atoms with Crippen molar-refractivity contribution < 1.29 is 14.1 Å². The lowest BCUT2D eigenvalue weighted by Gasteiger charge is -2.29. The van der Waals surface area contributed by atoms with Crippen molar-refractivity contribution in [1.82, 2.24) is 0 Å². The van der Waals surface area contributed by atoms with E-state index in [1.54, 1.807) is 0 Å². The number of carbonyl (C=O) groups excluding carboxylic acids is 1. The van der Waals surface area contributed by atoms with E-state index in [0.29, 0.717) is 12.0 Å². The van der Waals surface area contributed by atoms with Crippen LogP contribution in [0, 0.1) is 15.9 Å². The molecular formula is C16H13FN2O3. The van der Waals surface area contributed by atoms with Crippen LogP contribution in [-0.4, -0.2) is 10.8 Å². The van der Waals surface area contributed by atoms with Crippen LogP contribution in [0.2, 0.25) is 0 Å². The number of fused-ring (bicyclic) bond motifs is 1. The molecule has 0 N–H and O–H groups in total. The smallest absolute Gasteiger partial charge is 0.272 e. The van der Waals surface area contributed by atoms with Crippen LogP contribution >= 0.6 is 0 Å². The van der Waals surface area contributed by atoms with Gasteiger partial charge in [-0.3, -0.25) is 14.9 Å². The molecule has 1 heterocycles. The summed E-state index contributed by atoms with van der Waals surface area (Å²) in [6.07, 6.45) is 0.540. The van der Waals surface area contributed by atoms with Gasteiger partial charge in [-0.15, -0.1) is 0 Å². The van der Waals surface area contributed by atoms with Crippen molar-refractivity contribution in [3.63, 3.8) is 0 Å². The fraction of sp³-hybridized carbons (Fsp3) is 0.188. The Labute approximate surface area is 126 Å². The minimum atomic E-state index is -0.729. The largest absolute Gasteiger partial charge is 0.305 e. The lowest BCUT2D eigenvalue weighted by Crippen LogP contribution is -2.35. The molecule has 1 amide bonds. The van der Waals surface area contributed by atoms with E-state index < -0.39 is 10.7 Å². The molecule has 0 aliphatic carbocycles. The van der Waals surface area contributed by atoms with Gasteiger partial charge in [-0.1, -0.05) is 30.3 Å². The van der Waals surface area contributed by atoms with E-state index in [-0.39, 0.29) is 30.2 Å².